The largest absolute Gasteiger partial charge is 0.360 e. The third-order valence-corrected chi connectivity index (χ3v) is 3.89. The monoisotopic (exact) mass is 473 g/mol. The molecule has 0 amide bonds. The van der Waals surface area contributed by atoms with Gasteiger partial charge in [-0.1, -0.05) is 0 Å². The molecule has 4 nitrogen and oxygen atoms in total. The number of alkyl halides is 13. The van der Waals surface area contributed by atoms with Crippen LogP contribution in [-0.4, -0.2) is 73.8 Å². The zero-order valence-electron chi connectivity index (χ0n) is 12.9. The first-order valence-electron chi connectivity index (χ1n) is 6.30. The van der Waals surface area contributed by atoms with Crippen LogP contribution in [0, 0.1) is 0 Å². The average Bonchev–Trinajstić information content (AvgIpc) is 2.55. The van der Waals surface area contributed by atoms with Gasteiger partial charge in [0.15, 0.2) is 30.9 Å². The summed E-state index contributed by atoms with van der Waals surface area (Å²) in [4.78, 5) is 0. The van der Waals surface area contributed by atoms with E-state index >= 15 is 0 Å². The van der Waals surface area contributed by atoms with E-state index in [4.69, 9.17) is 4.55 Å². The Morgan fingerprint density at radius 2 is 0.929 bits per heavy atom. The SMILES string of the molecule is N.O=S(=O)(O)C(F)C(F)(F)C(F)(F)C(F)C(F)C(F)C(F)C(F)C(F)C(F)F. The molecule has 7 unspecified atom stereocenters. The lowest BCUT2D eigenvalue weighted by molar-refractivity contribution is -0.264. The number of rotatable bonds is 10. The van der Waals surface area contributed by atoms with Gasteiger partial charge in [-0.15, -0.1) is 0 Å². The van der Waals surface area contributed by atoms with Gasteiger partial charge in [0.05, 0.1) is 0 Å². The van der Waals surface area contributed by atoms with Gasteiger partial charge in [0, 0.05) is 0 Å². The fourth-order valence-corrected chi connectivity index (χ4v) is 2.08. The van der Waals surface area contributed by atoms with Crippen molar-refractivity contribution in [2.75, 3.05) is 0 Å². The minimum absolute atomic E-state index is 0. The molecular weight excluding hydrogens is 461 g/mol. The molecule has 4 N–H and O–H groups in total. The van der Waals surface area contributed by atoms with Gasteiger partial charge in [-0.3, -0.25) is 4.55 Å². The van der Waals surface area contributed by atoms with Gasteiger partial charge < -0.3 is 6.15 Å². The summed E-state index contributed by atoms with van der Waals surface area (Å²) in [5.41, 5.74) is -5.24. The van der Waals surface area contributed by atoms with Crippen molar-refractivity contribution < 1.29 is 70.0 Å². The normalized spacial score (nSPS) is 21.2. The van der Waals surface area contributed by atoms with Crippen LogP contribution in [0.5, 0.6) is 0 Å². The fraction of sp³-hybridized carbons (Fsp3) is 1.00. The lowest BCUT2D eigenvalue weighted by Gasteiger charge is -2.32. The predicted octanol–water partition coefficient (Wildman–Crippen LogP) is 3.90. The van der Waals surface area contributed by atoms with E-state index in [9.17, 15) is 65.5 Å². The smallest absolute Gasteiger partial charge is 0.344 e. The summed E-state index contributed by atoms with van der Waals surface area (Å²) in [5.74, 6) is -13.5. The Kier molecular flexibility index (Phi) is 10.0. The van der Waals surface area contributed by atoms with Crippen LogP contribution >= 0.6 is 0 Å². The summed E-state index contributed by atoms with van der Waals surface area (Å²) in [6.45, 7) is 0. The molecule has 0 saturated heterocycles. The minimum atomic E-state index is -6.77. The number of halogens is 13. The van der Waals surface area contributed by atoms with Gasteiger partial charge >= 0.3 is 22.0 Å². The first-order valence-corrected chi connectivity index (χ1v) is 7.80. The lowest BCUT2D eigenvalue weighted by Crippen LogP contribution is -2.59. The van der Waals surface area contributed by atoms with Gasteiger partial charge in [-0.2, -0.15) is 26.0 Å². The quantitative estimate of drug-likeness (QED) is 0.372. The molecule has 0 aromatic heterocycles. The van der Waals surface area contributed by atoms with Crippen molar-refractivity contribution in [3.05, 3.63) is 0 Å². The molecule has 7 atom stereocenters. The highest BCUT2D eigenvalue weighted by Gasteiger charge is 2.72. The second-order valence-corrected chi connectivity index (χ2v) is 6.48. The summed E-state index contributed by atoms with van der Waals surface area (Å²) in [6.07, 6.45) is -31.7. The maximum Gasteiger partial charge on any atom is 0.360 e. The Morgan fingerprint density at radius 3 is 1.25 bits per heavy atom. The molecule has 0 spiro atoms. The predicted molar refractivity (Wildman–Crippen MR) is 66.7 cm³/mol. The number of hydrogen-bond donors (Lipinski definition) is 2. The van der Waals surface area contributed by atoms with Gasteiger partial charge in [0.2, 0.25) is 6.17 Å². The van der Waals surface area contributed by atoms with Crippen molar-refractivity contribution in [3.63, 3.8) is 0 Å². The standard InChI is InChI=1S/C10H9F13O3S.H3N/c11-1(3(13)5(15)7(17)18)2(12)4(14)6(16)9(20,21)10(22,23)8(19)27(24,25)26;/h1-8H,(H,24,25,26);1H3. The van der Waals surface area contributed by atoms with Crippen LogP contribution in [0.3, 0.4) is 0 Å². The third-order valence-electron chi connectivity index (χ3n) is 3.07. The van der Waals surface area contributed by atoms with E-state index < -0.39 is 70.9 Å². The Labute approximate surface area is 148 Å². The highest BCUT2D eigenvalue weighted by Crippen LogP contribution is 2.45. The highest BCUT2D eigenvalue weighted by molar-refractivity contribution is 7.86. The molecule has 0 radical (unpaired) electrons. The molecule has 0 aromatic carbocycles. The van der Waals surface area contributed by atoms with Crippen molar-refractivity contribution in [1.29, 1.82) is 0 Å². The van der Waals surface area contributed by atoms with Gasteiger partial charge in [-0.05, 0) is 0 Å². The van der Waals surface area contributed by atoms with Crippen LogP contribution in [0.25, 0.3) is 0 Å². The molecule has 0 aliphatic carbocycles. The minimum Gasteiger partial charge on any atom is -0.344 e. The summed E-state index contributed by atoms with van der Waals surface area (Å²) < 4.78 is 195. The van der Waals surface area contributed by atoms with Crippen molar-refractivity contribution in [2.24, 2.45) is 0 Å². The fourth-order valence-electron chi connectivity index (χ4n) is 1.55. The van der Waals surface area contributed by atoms with E-state index in [0.717, 1.165) is 0 Å². The summed E-state index contributed by atoms with van der Waals surface area (Å²) in [5, 5.41) is 0. The molecule has 0 bridgehead atoms. The average molecular weight is 473 g/mol. The second-order valence-electron chi connectivity index (χ2n) is 5.04. The molecule has 0 heterocycles. The van der Waals surface area contributed by atoms with Crippen LogP contribution in [-0.2, 0) is 10.1 Å². The maximum absolute atomic E-state index is 13.2. The molecule has 28 heavy (non-hydrogen) atoms. The summed E-state index contributed by atoms with van der Waals surface area (Å²) in [7, 11) is -6.62. The first kappa shape index (κ1) is 29.2. The Morgan fingerprint density at radius 1 is 0.607 bits per heavy atom. The van der Waals surface area contributed by atoms with E-state index in [-0.39, 0.29) is 6.15 Å². The van der Waals surface area contributed by atoms with Gasteiger partial charge in [0.1, 0.15) is 0 Å². The van der Waals surface area contributed by atoms with Crippen molar-refractivity contribution in [2.45, 2.75) is 60.8 Å². The van der Waals surface area contributed by atoms with Crippen LogP contribution in [0.4, 0.5) is 57.1 Å². The molecular formula is C10H12F13NO3S. The summed E-state index contributed by atoms with van der Waals surface area (Å²) in [6, 6.07) is 0. The van der Waals surface area contributed by atoms with E-state index in [1.54, 1.807) is 0 Å². The lowest BCUT2D eigenvalue weighted by atomic mass is 9.96. The highest BCUT2D eigenvalue weighted by atomic mass is 32.2. The zero-order valence-corrected chi connectivity index (χ0v) is 13.7. The third kappa shape index (κ3) is 5.74. The molecule has 0 saturated carbocycles. The molecule has 0 aliphatic rings. The van der Waals surface area contributed by atoms with Crippen molar-refractivity contribution >= 4 is 10.1 Å². The first-order chi connectivity index (χ1) is 11.8. The molecule has 0 rings (SSSR count). The Balaban J connectivity index is 0. The maximum atomic E-state index is 13.2. The van der Waals surface area contributed by atoms with E-state index in [1.807, 2.05) is 0 Å². The topological polar surface area (TPSA) is 89.4 Å². The molecule has 18 heteroatoms. The van der Waals surface area contributed by atoms with Crippen LogP contribution in [0.1, 0.15) is 0 Å². The van der Waals surface area contributed by atoms with E-state index in [2.05, 4.69) is 0 Å². The summed E-state index contributed by atoms with van der Waals surface area (Å²) >= 11 is 0. The van der Waals surface area contributed by atoms with E-state index in [1.165, 1.54) is 0 Å². The van der Waals surface area contributed by atoms with Crippen molar-refractivity contribution in [3.8, 4) is 0 Å². The second kappa shape index (κ2) is 9.64. The Bertz CT molecular complexity index is 591. The van der Waals surface area contributed by atoms with Gasteiger partial charge in [-0.25, -0.2) is 39.5 Å². The molecule has 172 valence electrons. The molecule has 0 aliphatic heterocycles. The van der Waals surface area contributed by atoms with Crippen LogP contribution in [0.15, 0.2) is 0 Å². The molecule has 0 aromatic rings. The van der Waals surface area contributed by atoms with Crippen LogP contribution < -0.4 is 6.15 Å². The van der Waals surface area contributed by atoms with Crippen molar-refractivity contribution in [1.82, 2.24) is 6.15 Å². The Hall–Kier alpha value is -1.04. The van der Waals surface area contributed by atoms with Crippen LogP contribution in [0.2, 0.25) is 0 Å². The zero-order chi connectivity index (χ0) is 22.1. The number of hydrogen-bond acceptors (Lipinski definition) is 3. The van der Waals surface area contributed by atoms with E-state index in [0.29, 0.717) is 0 Å². The molecule has 0 fully saturated rings. The van der Waals surface area contributed by atoms with Gasteiger partial charge in [0.25, 0.3) is 11.9 Å².